The van der Waals surface area contributed by atoms with Gasteiger partial charge in [-0.1, -0.05) is 23.7 Å². The van der Waals surface area contributed by atoms with Crippen LogP contribution in [0.15, 0.2) is 48.5 Å². The van der Waals surface area contributed by atoms with Crippen LogP contribution < -0.4 is 10.6 Å². The number of hydrogen-bond donors (Lipinski definition) is 2. The summed E-state index contributed by atoms with van der Waals surface area (Å²) in [6.07, 6.45) is 0. The fourth-order valence-electron chi connectivity index (χ4n) is 2.49. The highest BCUT2D eigenvalue weighted by atomic mass is 35.5. The molecule has 0 saturated heterocycles. The zero-order valence-electron chi connectivity index (χ0n) is 14.7. The van der Waals surface area contributed by atoms with E-state index in [0.717, 1.165) is 5.56 Å². The molecule has 7 heteroatoms. The van der Waals surface area contributed by atoms with Crippen LogP contribution in [-0.2, 0) is 0 Å². The molecule has 0 aliphatic rings. The smallest absolute Gasteiger partial charge is 0.274 e. The molecule has 0 atom stereocenters. The molecular formula is C20H16ClN5O. The lowest BCUT2D eigenvalue weighted by molar-refractivity contribution is 0.102. The number of nitrogens with zero attached hydrogens (tertiary/aromatic N) is 3. The minimum Gasteiger partial charge on any atom is -0.340 e. The van der Waals surface area contributed by atoms with E-state index in [0.29, 0.717) is 33.6 Å². The van der Waals surface area contributed by atoms with Crippen LogP contribution in [0.5, 0.6) is 0 Å². The van der Waals surface area contributed by atoms with Gasteiger partial charge in [0.2, 0.25) is 0 Å². The number of carbonyl (C=O) groups excluding carboxylic acids is 1. The number of aryl methyl sites for hydroxylation is 1. The van der Waals surface area contributed by atoms with E-state index in [1.807, 2.05) is 13.0 Å². The average molecular weight is 378 g/mol. The number of rotatable bonds is 4. The number of nitriles is 1. The lowest BCUT2D eigenvalue weighted by Gasteiger charge is -2.11. The summed E-state index contributed by atoms with van der Waals surface area (Å²) in [6, 6.07) is 15.9. The molecule has 1 aromatic heterocycles. The van der Waals surface area contributed by atoms with Crippen LogP contribution in [0.4, 0.5) is 17.2 Å². The first-order valence-electron chi connectivity index (χ1n) is 8.15. The van der Waals surface area contributed by atoms with Crippen molar-refractivity contribution in [3.8, 4) is 6.07 Å². The number of anilines is 3. The SMILES string of the molecule is Cc1nc(Nc2cccc(C#N)c2)cc(C(=O)Nc2cccc(Cl)c2C)n1. The fraction of sp³-hybridized carbons (Fsp3) is 0.100. The second-order valence-corrected chi connectivity index (χ2v) is 6.28. The van der Waals surface area contributed by atoms with Gasteiger partial charge in [0.25, 0.3) is 5.91 Å². The molecule has 0 aliphatic carbocycles. The Morgan fingerprint density at radius 1 is 1.11 bits per heavy atom. The minimum atomic E-state index is -0.361. The van der Waals surface area contributed by atoms with Crippen LogP contribution in [-0.4, -0.2) is 15.9 Å². The third kappa shape index (κ3) is 4.40. The largest absolute Gasteiger partial charge is 0.340 e. The zero-order chi connectivity index (χ0) is 19.4. The normalized spacial score (nSPS) is 10.1. The molecule has 0 radical (unpaired) electrons. The van der Waals surface area contributed by atoms with E-state index in [4.69, 9.17) is 16.9 Å². The number of amides is 1. The van der Waals surface area contributed by atoms with Crippen LogP contribution in [0.1, 0.15) is 27.4 Å². The van der Waals surface area contributed by atoms with E-state index in [1.165, 1.54) is 0 Å². The molecule has 0 aliphatic heterocycles. The molecule has 3 rings (SSSR count). The van der Waals surface area contributed by atoms with E-state index >= 15 is 0 Å². The summed E-state index contributed by atoms with van der Waals surface area (Å²) in [5.41, 5.74) is 2.86. The molecule has 2 aromatic carbocycles. The Hall–Kier alpha value is -3.43. The number of nitrogens with one attached hydrogen (secondary N) is 2. The first-order valence-corrected chi connectivity index (χ1v) is 8.53. The number of hydrogen-bond acceptors (Lipinski definition) is 5. The molecule has 3 aromatic rings. The molecule has 0 unspecified atom stereocenters. The minimum absolute atomic E-state index is 0.223. The molecule has 6 nitrogen and oxygen atoms in total. The van der Waals surface area contributed by atoms with Gasteiger partial charge in [-0.2, -0.15) is 5.26 Å². The lowest BCUT2D eigenvalue weighted by atomic mass is 10.2. The van der Waals surface area contributed by atoms with Crippen molar-refractivity contribution in [3.05, 3.63) is 76.2 Å². The van der Waals surface area contributed by atoms with Crippen LogP contribution in [0.25, 0.3) is 0 Å². The first kappa shape index (κ1) is 18.4. The van der Waals surface area contributed by atoms with E-state index < -0.39 is 0 Å². The van der Waals surface area contributed by atoms with Gasteiger partial charge < -0.3 is 10.6 Å². The fourth-order valence-corrected chi connectivity index (χ4v) is 2.67. The van der Waals surface area contributed by atoms with E-state index in [1.54, 1.807) is 49.4 Å². The Morgan fingerprint density at radius 2 is 1.89 bits per heavy atom. The average Bonchev–Trinajstić information content (AvgIpc) is 2.65. The van der Waals surface area contributed by atoms with Crippen molar-refractivity contribution in [3.63, 3.8) is 0 Å². The highest BCUT2D eigenvalue weighted by Gasteiger charge is 2.13. The van der Waals surface area contributed by atoms with Gasteiger partial charge in [0.1, 0.15) is 17.3 Å². The van der Waals surface area contributed by atoms with Gasteiger partial charge in [0, 0.05) is 22.5 Å². The number of benzene rings is 2. The molecule has 0 bridgehead atoms. The second-order valence-electron chi connectivity index (χ2n) is 5.87. The standard InChI is InChI=1S/C20H16ClN5O/c1-12-16(21)7-4-8-17(12)26-20(27)18-10-19(24-13(2)23-18)25-15-6-3-5-14(9-15)11-22/h3-10H,1-2H3,(H,26,27)(H,23,24,25). The molecule has 0 spiro atoms. The van der Waals surface area contributed by atoms with Gasteiger partial charge in [-0.05, 0) is 49.7 Å². The van der Waals surface area contributed by atoms with Crippen molar-refractivity contribution in [2.75, 3.05) is 10.6 Å². The third-order valence-corrected chi connectivity index (χ3v) is 4.26. The molecular weight excluding hydrogens is 362 g/mol. The summed E-state index contributed by atoms with van der Waals surface area (Å²) < 4.78 is 0. The quantitative estimate of drug-likeness (QED) is 0.692. The van der Waals surface area contributed by atoms with E-state index in [2.05, 4.69) is 26.7 Å². The summed E-state index contributed by atoms with van der Waals surface area (Å²) in [6.45, 7) is 3.54. The second kappa shape index (κ2) is 7.85. The highest BCUT2D eigenvalue weighted by Crippen LogP contribution is 2.24. The molecule has 0 fully saturated rings. The van der Waals surface area contributed by atoms with Gasteiger partial charge in [-0.25, -0.2) is 9.97 Å². The topological polar surface area (TPSA) is 90.7 Å². The molecule has 1 amide bonds. The third-order valence-electron chi connectivity index (χ3n) is 3.85. The van der Waals surface area contributed by atoms with Gasteiger partial charge in [-0.3, -0.25) is 4.79 Å². The Balaban J connectivity index is 1.85. The first-order chi connectivity index (χ1) is 13.0. The van der Waals surface area contributed by atoms with Gasteiger partial charge in [0.05, 0.1) is 11.6 Å². The van der Waals surface area contributed by atoms with Gasteiger partial charge in [0.15, 0.2) is 0 Å². The highest BCUT2D eigenvalue weighted by molar-refractivity contribution is 6.31. The molecule has 2 N–H and O–H groups in total. The van der Waals surface area contributed by atoms with Crippen molar-refractivity contribution in [1.29, 1.82) is 5.26 Å². The number of halogens is 1. The van der Waals surface area contributed by atoms with Gasteiger partial charge >= 0.3 is 0 Å². The summed E-state index contributed by atoms with van der Waals surface area (Å²) in [4.78, 5) is 21.1. The van der Waals surface area contributed by atoms with E-state index in [-0.39, 0.29) is 11.6 Å². The van der Waals surface area contributed by atoms with Crippen molar-refractivity contribution in [1.82, 2.24) is 9.97 Å². The monoisotopic (exact) mass is 377 g/mol. The van der Waals surface area contributed by atoms with Crippen molar-refractivity contribution >= 4 is 34.7 Å². The predicted molar refractivity (Wildman–Crippen MR) is 105 cm³/mol. The number of carbonyl (C=O) groups is 1. The van der Waals surface area contributed by atoms with Crippen LogP contribution in [0.2, 0.25) is 5.02 Å². The van der Waals surface area contributed by atoms with Crippen LogP contribution in [0, 0.1) is 25.2 Å². The van der Waals surface area contributed by atoms with Gasteiger partial charge in [-0.15, -0.1) is 0 Å². The summed E-state index contributed by atoms with van der Waals surface area (Å²) in [5.74, 6) is 0.551. The maximum absolute atomic E-state index is 12.6. The number of aromatic nitrogens is 2. The maximum Gasteiger partial charge on any atom is 0.274 e. The zero-order valence-corrected chi connectivity index (χ0v) is 15.5. The molecule has 134 valence electrons. The molecule has 1 heterocycles. The Labute approximate surface area is 161 Å². The Kier molecular flexibility index (Phi) is 5.34. The van der Waals surface area contributed by atoms with E-state index in [9.17, 15) is 4.79 Å². The molecule has 0 saturated carbocycles. The lowest BCUT2D eigenvalue weighted by Crippen LogP contribution is -2.16. The Morgan fingerprint density at radius 3 is 2.67 bits per heavy atom. The Bertz CT molecular complexity index is 1060. The summed E-state index contributed by atoms with van der Waals surface area (Å²) in [7, 11) is 0. The summed E-state index contributed by atoms with van der Waals surface area (Å²) >= 11 is 6.10. The van der Waals surface area contributed by atoms with Crippen LogP contribution >= 0.6 is 11.6 Å². The predicted octanol–water partition coefficient (Wildman–Crippen LogP) is 4.61. The molecule has 27 heavy (non-hydrogen) atoms. The maximum atomic E-state index is 12.6. The van der Waals surface area contributed by atoms with Crippen LogP contribution in [0.3, 0.4) is 0 Å². The van der Waals surface area contributed by atoms with Crippen molar-refractivity contribution in [2.24, 2.45) is 0 Å². The summed E-state index contributed by atoms with van der Waals surface area (Å²) in [5, 5.41) is 15.5. The van der Waals surface area contributed by atoms with Crippen molar-refractivity contribution < 1.29 is 4.79 Å². The van der Waals surface area contributed by atoms with Crippen molar-refractivity contribution in [2.45, 2.75) is 13.8 Å².